The number of carbonyl (C=O) groups excluding carboxylic acids is 1. The van der Waals surface area contributed by atoms with Crippen LogP contribution in [0, 0.1) is 11.7 Å². The molecule has 9 nitrogen and oxygen atoms in total. The predicted molar refractivity (Wildman–Crippen MR) is 115 cm³/mol. The highest BCUT2D eigenvalue weighted by Gasteiger charge is 2.09. The Morgan fingerprint density at radius 2 is 2.03 bits per heavy atom. The smallest absolute Gasteiger partial charge is 0.293 e. The molecule has 2 N–H and O–H groups in total. The van der Waals surface area contributed by atoms with Crippen molar-refractivity contribution in [1.29, 1.82) is 0 Å². The zero-order valence-electron chi connectivity index (χ0n) is 16.3. The number of aryl methyl sites for hydroxylation is 1. The largest absolute Gasteiger partial charge is 0.493 e. The summed E-state index contributed by atoms with van der Waals surface area (Å²) in [5, 5.41) is 12.9. The van der Waals surface area contributed by atoms with Gasteiger partial charge in [0, 0.05) is 5.69 Å². The fourth-order valence-corrected chi connectivity index (χ4v) is 2.63. The summed E-state index contributed by atoms with van der Waals surface area (Å²) < 4.78 is 12.0. The minimum Gasteiger partial charge on any atom is -0.493 e. The molecule has 0 radical (unpaired) electrons. The number of H-pyrrole nitrogens is 1. The number of carbonyl (C=O) groups is 1. The number of hydrogen-bond donors (Lipinski definition) is 2. The molecule has 2 aromatic carbocycles. The van der Waals surface area contributed by atoms with Gasteiger partial charge in [0.15, 0.2) is 18.1 Å². The summed E-state index contributed by atoms with van der Waals surface area (Å²) in [5.41, 5.74) is 1.98. The van der Waals surface area contributed by atoms with Crippen molar-refractivity contribution >= 4 is 30.0 Å². The van der Waals surface area contributed by atoms with Crippen molar-refractivity contribution in [2.45, 2.75) is 6.92 Å². The van der Waals surface area contributed by atoms with Crippen LogP contribution >= 0.6 is 12.2 Å². The molecular formula is C20H19N5O4S. The van der Waals surface area contributed by atoms with Gasteiger partial charge in [-0.2, -0.15) is 14.9 Å². The molecule has 0 saturated carbocycles. The first-order valence-electron chi connectivity index (χ1n) is 8.85. The molecule has 3 rings (SSSR count). The Balaban J connectivity index is 1.67. The van der Waals surface area contributed by atoms with Gasteiger partial charge in [-0.05, 0) is 55.0 Å². The molecule has 0 aliphatic carbocycles. The quantitative estimate of drug-likeness (QED) is 0.445. The highest BCUT2D eigenvalue weighted by molar-refractivity contribution is 7.71. The average molecular weight is 425 g/mol. The molecule has 10 heteroatoms. The summed E-state index contributed by atoms with van der Waals surface area (Å²) in [7, 11) is 1.49. The minimum atomic E-state index is -0.457. The number of aromatic amines is 1. The van der Waals surface area contributed by atoms with E-state index in [1.807, 2.05) is 31.2 Å². The number of nitrogens with zero attached hydrogens (tertiary/aromatic N) is 3. The van der Waals surface area contributed by atoms with Gasteiger partial charge in [0.2, 0.25) is 4.77 Å². The fourth-order valence-electron chi connectivity index (χ4n) is 2.44. The highest BCUT2D eigenvalue weighted by Crippen LogP contribution is 2.27. The van der Waals surface area contributed by atoms with Crippen LogP contribution in [0.1, 0.15) is 11.1 Å². The second kappa shape index (κ2) is 9.61. The molecule has 0 atom stereocenters. The molecule has 0 bridgehead atoms. The molecular weight excluding hydrogens is 406 g/mol. The van der Waals surface area contributed by atoms with Crippen LogP contribution in [0.25, 0.3) is 0 Å². The Labute approximate surface area is 177 Å². The van der Waals surface area contributed by atoms with E-state index in [1.54, 1.807) is 18.2 Å². The topological polar surface area (TPSA) is 111 Å². The number of anilines is 1. The first-order valence-corrected chi connectivity index (χ1v) is 9.25. The Morgan fingerprint density at radius 3 is 2.73 bits per heavy atom. The maximum Gasteiger partial charge on any atom is 0.293 e. The summed E-state index contributed by atoms with van der Waals surface area (Å²) in [6.07, 6.45) is 2.52. The number of ether oxygens (including phenoxy) is 2. The summed E-state index contributed by atoms with van der Waals surface area (Å²) in [5.74, 6) is 0.513. The Morgan fingerprint density at radius 1 is 1.27 bits per heavy atom. The zero-order valence-corrected chi connectivity index (χ0v) is 17.1. The molecule has 0 unspecified atom stereocenters. The van der Waals surface area contributed by atoms with Crippen LogP contribution in [0.5, 0.6) is 11.5 Å². The number of nitrogens with one attached hydrogen (secondary N) is 2. The third kappa shape index (κ3) is 5.39. The van der Waals surface area contributed by atoms with Crippen molar-refractivity contribution < 1.29 is 14.3 Å². The second-order valence-corrected chi connectivity index (χ2v) is 6.57. The summed E-state index contributed by atoms with van der Waals surface area (Å²) in [6, 6.07) is 12.5. The first-order chi connectivity index (χ1) is 14.5. The summed E-state index contributed by atoms with van der Waals surface area (Å²) in [6.45, 7) is 1.79. The van der Waals surface area contributed by atoms with Crippen LogP contribution < -0.4 is 20.3 Å². The summed E-state index contributed by atoms with van der Waals surface area (Å²) >= 11 is 4.98. The number of amides is 1. The molecule has 0 fully saturated rings. The van der Waals surface area contributed by atoms with E-state index in [0.29, 0.717) is 22.7 Å². The second-order valence-electron chi connectivity index (χ2n) is 6.18. The molecule has 3 aromatic rings. The Hall–Kier alpha value is -3.79. The summed E-state index contributed by atoms with van der Waals surface area (Å²) in [4.78, 5) is 23.9. The molecule has 30 heavy (non-hydrogen) atoms. The first kappa shape index (κ1) is 20.9. The standard InChI is InChI=1S/C20H19N5O4S/c1-13-3-6-15(7-4-13)23-18(26)12-29-16-8-5-14(9-17(16)28-2)10-22-25-19(27)11-21-24-20(25)30/h3-11H,12H2,1-2H3,(H,23,26)(H,24,30)/b22-10+. The van der Waals surface area contributed by atoms with Crippen molar-refractivity contribution in [2.75, 3.05) is 19.0 Å². The Kier molecular flexibility index (Phi) is 6.71. The van der Waals surface area contributed by atoms with E-state index in [-0.39, 0.29) is 17.3 Å². The minimum absolute atomic E-state index is 0.0743. The third-order valence-corrected chi connectivity index (χ3v) is 4.20. The van der Waals surface area contributed by atoms with E-state index >= 15 is 0 Å². The molecule has 1 aromatic heterocycles. The van der Waals surface area contributed by atoms with E-state index in [2.05, 4.69) is 20.6 Å². The number of methoxy groups -OCH3 is 1. The highest BCUT2D eigenvalue weighted by atomic mass is 32.1. The Bertz CT molecular complexity index is 1160. The van der Waals surface area contributed by atoms with E-state index < -0.39 is 5.56 Å². The van der Waals surface area contributed by atoms with Gasteiger partial charge < -0.3 is 14.8 Å². The lowest BCUT2D eigenvalue weighted by molar-refractivity contribution is -0.118. The lowest BCUT2D eigenvalue weighted by atomic mass is 10.2. The number of rotatable bonds is 7. The van der Waals surface area contributed by atoms with Crippen molar-refractivity contribution in [3.8, 4) is 11.5 Å². The van der Waals surface area contributed by atoms with Crippen molar-refractivity contribution in [3.05, 3.63) is 74.9 Å². The van der Waals surface area contributed by atoms with Gasteiger partial charge >= 0.3 is 0 Å². The van der Waals surface area contributed by atoms with Crippen molar-refractivity contribution in [3.63, 3.8) is 0 Å². The molecule has 0 aliphatic heterocycles. The van der Waals surface area contributed by atoms with Gasteiger partial charge in [0.25, 0.3) is 11.5 Å². The van der Waals surface area contributed by atoms with Gasteiger partial charge in [-0.3, -0.25) is 14.7 Å². The molecule has 1 amide bonds. The van der Waals surface area contributed by atoms with Gasteiger partial charge in [-0.15, -0.1) is 0 Å². The zero-order chi connectivity index (χ0) is 21.5. The average Bonchev–Trinajstić information content (AvgIpc) is 2.74. The maximum absolute atomic E-state index is 12.1. The monoisotopic (exact) mass is 425 g/mol. The molecule has 0 aliphatic rings. The number of benzene rings is 2. The van der Waals surface area contributed by atoms with E-state index in [4.69, 9.17) is 21.7 Å². The normalized spacial score (nSPS) is 10.7. The SMILES string of the molecule is COc1cc(/C=N/n2c(=O)cn[nH]c2=S)ccc1OCC(=O)Nc1ccc(C)cc1. The lowest BCUT2D eigenvalue weighted by Gasteiger charge is -2.11. The third-order valence-electron chi connectivity index (χ3n) is 3.94. The van der Waals surface area contributed by atoms with Gasteiger partial charge in [-0.25, -0.2) is 0 Å². The van der Waals surface area contributed by atoms with E-state index in [9.17, 15) is 9.59 Å². The molecule has 0 spiro atoms. The number of hydrogen-bond acceptors (Lipinski definition) is 7. The van der Waals surface area contributed by atoms with Gasteiger partial charge in [-0.1, -0.05) is 17.7 Å². The van der Waals surface area contributed by atoms with Crippen LogP contribution in [0.2, 0.25) is 0 Å². The van der Waals surface area contributed by atoms with Crippen molar-refractivity contribution in [2.24, 2.45) is 5.10 Å². The van der Waals surface area contributed by atoms with E-state index in [0.717, 1.165) is 16.4 Å². The van der Waals surface area contributed by atoms with Crippen LogP contribution in [-0.4, -0.2) is 40.7 Å². The molecule has 1 heterocycles. The van der Waals surface area contributed by atoms with Gasteiger partial charge in [0.1, 0.15) is 6.20 Å². The fraction of sp³-hybridized carbons (Fsp3) is 0.150. The van der Waals surface area contributed by atoms with Crippen LogP contribution in [0.15, 0.2) is 58.6 Å². The van der Waals surface area contributed by atoms with Crippen LogP contribution in [-0.2, 0) is 4.79 Å². The molecule has 0 saturated heterocycles. The van der Waals surface area contributed by atoms with E-state index in [1.165, 1.54) is 13.3 Å². The molecule has 154 valence electrons. The lowest BCUT2D eigenvalue weighted by Crippen LogP contribution is -2.20. The van der Waals surface area contributed by atoms with Crippen molar-refractivity contribution in [1.82, 2.24) is 14.9 Å². The maximum atomic E-state index is 12.1. The predicted octanol–water partition coefficient (Wildman–Crippen LogP) is 2.52. The van der Waals surface area contributed by atoms with Gasteiger partial charge in [0.05, 0.1) is 13.3 Å². The van der Waals surface area contributed by atoms with Crippen LogP contribution in [0.3, 0.4) is 0 Å². The van der Waals surface area contributed by atoms with Crippen LogP contribution in [0.4, 0.5) is 5.69 Å². The number of aromatic nitrogens is 3.